The van der Waals surface area contributed by atoms with Gasteiger partial charge in [0.1, 0.15) is 6.10 Å². The number of amides is 1. The fraction of sp³-hybridized carbons (Fsp3) is 0.875. The molecule has 1 heterocycles. The molecular formula is C8H12F3NO3. The number of ether oxygens (including phenoxy) is 1. The Morgan fingerprint density at radius 3 is 2.73 bits per heavy atom. The number of hydrogen-bond acceptors (Lipinski definition) is 3. The van der Waals surface area contributed by atoms with Crippen LogP contribution in [0, 0.1) is 0 Å². The summed E-state index contributed by atoms with van der Waals surface area (Å²) in [6.45, 7) is -1.04. The van der Waals surface area contributed by atoms with E-state index in [4.69, 9.17) is 4.74 Å². The summed E-state index contributed by atoms with van der Waals surface area (Å²) in [5.74, 6) is -0.654. The average molecular weight is 227 g/mol. The van der Waals surface area contributed by atoms with Crippen molar-refractivity contribution in [2.24, 2.45) is 0 Å². The summed E-state index contributed by atoms with van der Waals surface area (Å²) >= 11 is 0. The van der Waals surface area contributed by atoms with Gasteiger partial charge in [-0.2, -0.15) is 13.2 Å². The van der Waals surface area contributed by atoms with E-state index in [1.54, 1.807) is 5.48 Å². The highest BCUT2D eigenvalue weighted by Crippen LogP contribution is 2.15. The number of nitrogens with one attached hydrogen (secondary N) is 1. The van der Waals surface area contributed by atoms with Gasteiger partial charge in [0.15, 0.2) is 6.61 Å². The second kappa shape index (κ2) is 5.32. The zero-order chi connectivity index (χ0) is 11.3. The second-order valence-electron chi connectivity index (χ2n) is 3.23. The van der Waals surface area contributed by atoms with Gasteiger partial charge < -0.3 is 4.74 Å². The minimum atomic E-state index is -4.44. The van der Waals surface area contributed by atoms with Crippen LogP contribution in [0.2, 0.25) is 0 Å². The molecule has 0 radical (unpaired) electrons. The molecule has 1 amide bonds. The highest BCUT2D eigenvalue weighted by molar-refractivity contribution is 5.79. The fourth-order valence-corrected chi connectivity index (χ4v) is 1.20. The first-order valence-corrected chi connectivity index (χ1v) is 4.59. The smallest absolute Gasteiger partial charge is 0.368 e. The van der Waals surface area contributed by atoms with Crippen LogP contribution < -0.4 is 5.48 Å². The molecular weight excluding hydrogens is 215 g/mol. The molecule has 0 bridgehead atoms. The van der Waals surface area contributed by atoms with Crippen molar-refractivity contribution in [1.82, 2.24) is 5.48 Å². The zero-order valence-corrected chi connectivity index (χ0v) is 7.97. The Morgan fingerprint density at radius 1 is 1.47 bits per heavy atom. The molecule has 0 aliphatic carbocycles. The van der Waals surface area contributed by atoms with E-state index in [1.807, 2.05) is 0 Å². The number of rotatable bonds is 3. The molecule has 0 aromatic carbocycles. The molecule has 1 aliphatic rings. The van der Waals surface area contributed by atoms with Gasteiger partial charge in [0.05, 0.1) is 0 Å². The maximum atomic E-state index is 11.6. The number of halogens is 3. The second-order valence-corrected chi connectivity index (χ2v) is 3.23. The van der Waals surface area contributed by atoms with E-state index in [0.29, 0.717) is 13.0 Å². The molecule has 1 atom stereocenters. The molecule has 0 saturated carbocycles. The third-order valence-corrected chi connectivity index (χ3v) is 1.88. The summed E-state index contributed by atoms with van der Waals surface area (Å²) in [6.07, 6.45) is -2.92. The maximum absolute atomic E-state index is 11.6. The predicted octanol–water partition coefficient (Wildman–Crippen LogP) is 1.17. The number of hydrogen-bond donors (Lipinski definition) is 1. The van der Waals surface area contributed by atoms with E-state index in [2.05, 4.69) is 4.84 Å². The normalized spacial score (nSPS) is 22.5. The third-order valence-electron chi connectivity index (χ3n) is 1.88. The van der Waals surface area contributed by atoms with E-state index in [0.717, 1.165) is 12.8 Å². The van der Waals surface area contributed by atoms with E-state index < -0.39 is 24.8 Å². The van der Waals surface area contributed by atoms with E-state index >= 15 is 0 Å². The molecule has 1 aliphatic heterocycles. The molecule has 0 aromatic rings. The molecule has 0 aromatic heterocycles. The summed E-state index contributed by atoms with van der Waals surface area (Å²) in [4.78, 5) is 15.2. The molecule has 1 rings (SSSR count). The molecule has 4 nitrogen and oxygen atoms in total. The van der Waals surface area contributed by atoms with Crippen molar-refractivity contribution in [3.05, 3.63) is 0 Å². The average Bonchev–Trinajstić information content (AvgIpc) is 2.17. The van der Waals surface area contributed by atoms with Crippen molar-refractivity contribution < 1.29 is 27.5 Å². The molecule has 7 heteroatoms. The van der Waals surface area contributed by atoms with Crippen LogP contribution in [0.4, 0.5) is 13.2 Å². The number of carbonyl (C=O) groups is 1. The Labute approximate surface area is 84.7 Å². The first-order valence-electron chi connectivity index (χ1n) is 4.59. The van der Waals surface area contributed by atoms with Gasteiger partial charge >= 0.3 is 6.18 Å². The zero-order valence-electron chi connectivity index (χ0n) is 7.97. The van der Waals surface area contributed by atoms with Crippen LogP contribution in [-0.2, 0) is 14.4 Å². The van der Waals surface area contributed by atoms with Crippen molar-refractivity contribution in [2.75, 3.05) is 13.2 Å². The highest BCUT2D eigenvalue weighted by Gasteiger charge is 2.29. The summed E-state index contributed by atoms with van der Waals surface area (Å²) in [5, 5.41) is 0. The Kier molecular flexibility index (Phi) is 4.34. The SMILES string of the molecule is O=C(NOCC(F)(F)F)C1CCCCO1. The first kappa shape index (κ1) is 12.3. The highest BCUT2D eigenvalue weighted by atomic mass is 19.4. The molecule has 0 spiro atoms. The van der Waals surface area contributed by atoms with Crippen LogP contribution in [0.25, 0.3) is 0 Å². The molecule has 1 fully saturated rings. The number of carbonyl (C=O) groups excluding carboxylic acids is 1. The lowest BCUT2D eigenvalue weighted by Gasteiger charge is -2.21. The summed E-state index contributed by atoms with van der Waals surface area (Å²) in [6, 6.07) is 0. The van der Waals surface area contributed by atoms with E-state index in [9.17, 15) is 18.0 Å². The van der Waals surface area contributed by atoms with Crippen molar-refractivity contribution >= 4 is 5.91 Å². The summed E-state index contributed by atoms with van der Waals surface area (Å²) in [7, 11) is 0. The largest absolute Gasteiger partial charge is 0.414 e. The van der Waals surface area contributed by atoms with Crippen LogP contribution in [-0.4, -0.2) is 31.4 Å². The summed E-state index contributed by atoms with van der Waals surface area (Å²) < 4.78 is 40.0. The van der Waals surface area contributed by atoms with E-state index in [-0.39, 0.29) is 0 Å². The van der Waals surface area contributed by atoms with Crippen molar-refractivity contribution in [3.63, 3.8) is 0 Å². The lowest BCUT2D eigenvalue weighted by molar-refractivity contribution is -0.195. The molecule has 1 saturated heterocycles. The van der Waals surface area contributed by atoms with Gasteiger partial charge in [-0.05, 0) is 19.3 Å². The van der Waals surface area contributed by atoms with Gasteiger partial charge in [-0.1, -0.05) is 0 Å². The van der Waals surface area contributed by atoms with Gasteiger partial charge in [0.2, 0.25) is 0 Å². The maximum Gasteiger partial charge on any atom is 0.414 e. The third kappa shape index (κ3) is 4.98. The Bertz CT molecular complexity index is 214. The van der Waals surface area contributed by atoms with Crippen molar-refractivity contribution in [3.8, 4) is 0 Å². The van der Waals surface area contributed by atoms with Crippen molar-refractivity contribution in [2.45, 2.75) is 31.5 Å². The lowest BCUT2D eigenvalue weighted by atomic mass is 10.1. The minimum absolute atomic E-state index is 0.456. The monoisotopic (exact) mass is 227 g/mol. The van der Waals surface area contributed by atoms with Crippen LogP contribution in [0.3, 0.4) is 0 Å². The molecule has 88 valence electrons. The predicted molar refractivity (Wildman–Crippen MR) is 43.7 cm³/mol. The number of hydroxylamine groups is 1. The van der Waals surface area contributed by atoms with Crippen LogP contribution in [0.5, 0.6) is 0 Å². The topological polar surface area (TPSA) is 47.6 Å². The minimum Gasteiger partial charge on any atom is -0.368 e. The van der Waals surface area contributed by atoms with Crippen LogP contribution in [0.15, 0.2) is 0 Å². The van der Waals surface area contributed by atoms with Gasteiger partial charge in [-0.3, -0.25) is 9.63 Å². The fourth-order valence-electron chi connectivity index (χ4n) is 1.20. The number of alkyl halides is 3. The Morgan fingerprint density at radius 2 is 2.20 bits per heavy atom. The molecule has 1 N–H and O–H groups in total. The molecule has 1 unspecified atom stereocenters. The summed E-state index contributed by atoms with van der Waals surface area (Å²) in [5.41, 5.74) is 1.72. The van der Waals surface area contributed by atoms with Gasteiger partial charge in [0, 0.05) is 6.61 Å². The van der Waals surface area contributed by atoms with Crippen molar-refractivity contribution in [1.29, 1.82) is 0 Å². The standard InChI is InChI=1S/C8H12F3NO3/c9-8(10,11)5-15-12-7(13)6-3-1-2-4-14-6/h6H,1-5H2,(H,12,13). The Hall–Kier alpha value is -0.820. The van der Waals surface area contributed by atoms with Gasteiger partial charge in [0.25, 0.3) is 5.91 Å². The van der Waals surface area contributed by atoms with E-state index in [1.165, 1.54) is 0 Å². The first-order chi connectivity index (χ1) is 6.99. The Balaban J connectivity index is 2.17. The molecule has 15 heavy (non-hydrogen) atoms. The van der Waals surface area contributed by atoms with Gasteiger partial charge in [-0.25, -0.2) is 5.48 Å². The van der Waals surface area contributed by atoms with Crippen LogP contribution in [0.1, 0.15) is 19.3 Å². The quantitative estimate of drug-likeness (QED) is 0.736. The lowest BCUT2D eigenvalue weighted by Crippen LogP contribution is -2.39. The van der Waals surface area contributed by atoms with Crippen LogP contribution >= 0.6 is 0 Å². The van der Waals surface area contributed by atoms with Gasteiger partial charge in [-0.15, -0.1) is 0 Å².